The Morgan fingerprint density at radius 2 is 1.45 bits per heavy atom. The van der Waals surface area contributed by atoms with Crippen LogP contribution in [0.3, 0.4) is 0 Å². The first-order chi connectivity index (χ1) is 9.57. The van der Waals surface area contributed by atoms with E-state index in [4.69, 9.17) is 4.74 Å². The van der Waals surface area contributed by atoms with Crippen molar-refractivity contribution in [3.63, 3.8) is 0 Å². The van der Waals surface area contributed by atoms with Gasteiger partial charge >= 0.3 is 5.97 Å². The van der Waals surface area contributed by atoms with Gasteiger partial charge in [-0.2, -0.15) is 0 Å². The summed E-state index contributed by atoms with van der Waals surface area (Å²) in [5, 5.41) is 0. The lowest BCUT2D eigenvalue weighted by molar-refractivity contribution is -0.144. The number of hydrogen-bond donors (Lipinski definition) is 0. The van der Waals surface area contributed by atoms with E-state index in [2.05, 4.69) is 26.0 Å². The SMILES string of the molecule is COC(=O)C(c1ccccc1)C(C)(C)c1ccccc1. The van der Waals surface area contributed by atoms with Gasteiger partial charge in [-0.25, -0.2) is 0 Å². The number of carbonyl (C=O) groups is 1. The highest BCUT2D eigenvalue weighted by Crippen LogP contribution is 2.39. The summed E-state index contributed by atoms with van der Waals surface area (Å²) < 4.78 is 5.04. The number of methoxy groups -OCH3 is 1. The summed E-state index contributed by atoms with van der Waals surface area (Å²) >= 11 is 0. The predicted molar refractivity (Wildman–Crippen MR) is 80.7 cm³/mol. The zero-order chi connectivity index (χ0) is 14.6. The maximum Gasteiger partial charge on any atom is 0.314 e. The summed E-state index contributed by atoms with van der Waals surface area (Å²) in [7, 11) is 1.44. The molecule has 0 aliphatic carbocycles. The van der Waals surface area contributed by atoms with Crippen molar-refractivity contribution in [2.24, 2.45) is 0 Å². The zero-order valence-electron chi connectivity index (χ0n) is 12.2. The Morgan fingerprint density at radius 3 is 1.95 bits per heavy atom. The average Bonchev–Trinajstić information content (AvgIpc) is 2.49. The van der Waals surface area contributed by atoms with Crippen molar-refractivity contribution < 1.29 is 9.53 Å². The minimum absolute atomic E-state index is 0.204. The van der Waals surface area contributed by atoms with Crippen molar-refractivity contribution in [3.8, 4) is 0 Å². The van der Waals surface area contributed by atoms with Gasteiger partial charge in [0.15, 0.2) is 0 Å². The number of carbonyl (C=O) groups excluding carboxylic acids is 1. The highest BCUT2D eigenvalue weighted by molar-refractivity contribution is 5.80. The van der Waals surface area contributed by atoms with Crippen LogP contribution in [-0.2, 0) is 14.9 Å². The van der Waals surface area contributed by atoms with Gasteiger partial charge in [-0.1, -0.05) is 74.5 Å². The molecule has 0 aliphatic heterocycles. The maximum atomic E-state index is 12.3. The van der Waals surface area contributed by atoms with Crippen molar-refractivity contribution in [3.05, 3.63) is 71.8 Å². The standard InChI is InChI=1S/C18H20O2/c1-18(2,15-12-8-5-9-13-15)16(17(19)20-3)14-10-6-4-7-11-14/h4-13,16H,1-3H3. The van der Waals surface area contributed by atoms with Gasteiger partial charge < -0.3 is 4.74 Å². The first-order valence-corrected chi connectivity index (χ1v) is 6.75. The van der Waals surface area contributed by atoms with Gasteiger partial charge in [-0.15, -0.1) is 0 Å². The minimum Gasteiger partial charge on any atom is -0.469 e. The highest BCUT2D eigenvalue weighted by Gasteiger charge is 2.38. The van der Waals surface area contributed by atoms with Crippen molar-refractivity contribution in [1.82, 2.24) is 0 Å². The molecule has 1 atom stereocenters. The number of ether oxygens (including phenoxy) is 1. The Hall–Kier alpha value is -2.09. The predicted octanol–water partition coefficient (Wildman–Crippen LogP) is 3.92. The van der Waals surface area contributed by atoms with Crippen LogP contribution in [0.5, 0.6) is 0 Å². The molecule has 0 amide bonds. The van der Waals surface area contributed by atoms with Crippen molar-refractivity contribution in [2.75, 3.05) is 7.11 Å². The third-order valence-electron chi connectivity index (χ3n) is 3.81. The monoisotopic (exact) mass is 268 g/mol. The largest absolute Gasteiger partial charge is 0.469 e. The molecule has 2 heteroatoms. The lowest BCUT2D eigenvalue weighted by Crippen LogP contribution is -2.33. The van der Waals surface area contributed by atoms with Gasteiger partial charge in [-0.05, 0) is 11.1 Å². The second-order valence-corrected chi connectivity index (χ2v) is 5.45. The van der Waals surface area contributed by atoms with Gasteiger partial charge in [0.25, 0.3) is 0 Å². The lowest BCUT2D eigenvalue weighted by atomic mass is 9.70. The first kappa shape index (κ1) is 14.3. The smallest absolute Gasteiger partial charge is 0.314 e. The topological polar surface area (TPSA) is 26.3 Å². The molecule has 0 spiro atoms. The molecule has 0 heterocycles. The Morgan fingerprint density at radius 1 is 0.950 bits per heavy atom. The van der Waals surface area contributed by atoms with Gasteiger partial charge in [0.05, 0.1) is 13.0 Å². The van der Waals surface area contributed by atoms with E-state index < -0.39 is 0 Å². The van der Waals surface area contributed by atoms with Crippen molar-refractivity contribution >= 4 is 5.97 Å². The summed E-state index contributed by atoms with van der Waals surface area (Å²) in [5.74, 6) is -0.527. The summed E-state index contributed by atoms with van der Waals surface area (Å²) in [5.41, 5.74) is 1.77. The molecule has 104 valence electrons. The normalized spacial score (nSPS) is 12.8. The van der Waals surface area contributed by atoms with Crippen LogP contribution in [0.2, 0.25) is 0 Å². The van der Waals surface area contributed by atoms with Crippen LogP contribution in [0.4, 0.5) is 0 Å². The van der Waals surface area contributed by atoms with E-state index >= 15 is 0 Å². The Kier molecular flexibility index (Phi) is 4.23. The molecular formula is C18H20O2. The van der Waals surface area contributed by atoms with Crippen LogP contribution in [0.1, 0.15) is 30.9 Å². The van der Waals surface area contributed by atoms with E-state index in [1.54, 1.807) is 0 Å². The molecule has 0 fully saturated rings. The van der Waals surface area contributed by atoms with E-state index in [-0.39, 0.29) is 17.3 Å². The maximum absolute atomic E-state index is 12.3. The summed E-state index contributed by atoms with van der Waals surface area (Å²) in [4.78, 5) is 12.3. The molecule has 0 N–H and O–H groups in total. The quantitative estimate of drug-likeness (QED) is 0.786. The number of hydrogen-bond acceptors (Lipinski definition) is 2. The second-order valence-electron chi connectivity index (χ2n) is 5.45. The lowest BCUT2D eigenvalue weighted by Gasteiger charge is -2.33. The molecule has 1 unspecified atom stereocenters. The number of benzene rings is 2. The molecular weight excluding hydrogens is 248 g/mol. The van der Waals surface area contributed by atoms with E-state index in [1.165, 1.54) is 7.11 Å². The molecule has 0 radical (unpaired) electrons. The molecule has 0 saturated heterocycles. The molecule has 2 rings (SSSR count). The van der Waals surface area contributed by atoms with Gasteiger partial charge in [0.2, 0.25) is 0 Å². The molecule has 2 nitrogen and oxygen atoms in total. The molecule has 0 saturated carbocycles. The molecule has 20 heavy (non-hydrogen) atoms. The number of esters is 1. The summed E-state index contributed by atoms with van der Waals surface area (Å²) in [6.45, 7) is 4.16. The van der Waals surface area contributed by atoms with E-state index in [0.29, 0.717) is 0 Å². The van der Waals surface area contributed by atoms with Crippen LogP contribution in [0.15, 0.2) is 60.7 Å². The summed E-state index contributed by atoms with van der Waals surface area (Å²) in [6.07, 6.45) is 0. The van der Waals surface area contributed by atoms with Gasteiger partial charge in [0, 0.05) is 5.41 Å². The fourth-order valence-corrected chi connectivity index (χ4v) is 2.65. The molecule has 2 aromatic carbocycles. The molecule has 2 aromatic rings. The Bertz CT molecular complexity index is 558. The molecule has 0 bridgehead atoms. The zero-order valence-corrected chi connectivity index (χ0v) is 12.2. The van der Waals surface area contributed by atoms with Crippen LogP contribution in [-0.4, -0.2) is 13.1 Å². The van der Waals surface area contributed by atoms with Crippen LogP contribution < -0.4 is 0 Å². The van der Waals surface area contributed by atoms with Crippen LogP contribution in [0.25, 0.3) is 0 Å². The average molecular weight is 268 g/mol. The molecule has 0 aliphatic rings. The minimum atomic E-state index is -0.338. The second kappa shape index (κ2) is 5.91. The Balaban J connectivity index is 2.49. The van der Waals surface area contributed by atoms with Crippen molar-refractivity contribution in [1.29, 1.82) is 0 Å². The Labute approximate surface area is 120 Å². The van der Waals surface area contributed by atoms with Gasteiger partial charge in [-0.3, -0.25) is 4.79 Å². The van der Waals surface area contributed by atoms with E-state index in [9.17, 15) is 4.79 Å². The third-order valence-corrected chi connectivity index (χ3v) is 3.81. The summed E-state index contributed by atoms with van der Waals surface area (Å²) in [6, 6.07) is 19.9. The van der Waals surface area contributed by atoms with E-state index in [1.807, 2.05) is 48.5 Å². The first-order valence-electron chi connectivity index (χ1n) is 6.75. The highest BCUT2D eigenvalue weighted by atomic mass is 16.5. The van der Waals surface area contributed by atoms with Crippen LogP contribution >= 0.6 is 0 Å². The van der Waals surface area contributed by atoms with Crippen LogP contribution in [0, 0.1) is 0 Å². The molecule has 0 aromatic heterocycles. The fourth-order valence-electron chi connectivity index (χ4n) is 2.65. The number of rotatable bonds is 4. The van der Waals surface area contributed by atoms with E-state index in [0.717, 1.165) is 11.1 Å². The van der Waals surface area contributed by atoms with Gasteiger partial charge in [0.1, 0.15) is 0 Å². The fraction of sp³-hybridized carbons (Fsp3) is 0.278. The van der Waals surface area contributed by atoms with Crippen molar-refractivity contribution in [2.45, 2.75) is 25.2 Å². The third kappa shape index (κ3) is 2.74.